The molecule has 0 saturated heterocycles. The molecule has 2 heterocycles. The van der Waals surface area contributed by atoms with Crippen molar-refractivity contribution in [1.29, 1.82) is 0 Å². The Hall–Kier alpha value is -3.06. The molecule has 0 atom stereocenters. The van der Waals surface area contributed by atoms with Gasteiger partial charge in [0.25, 0.3) is 5.56 Å². The highest BCUT2D eigenvalue weighted by Crippen LogP contribution is 2.18. The number of aromatic nitrogens is 6. The second-order valence-corrected chi connectivity index (χ2v) is 6.07. The first-order valence-electron chi connectivity index (χ1n) is 7.62. The highest BCUT2D eigenvalue weighted by Gasteiger charge is 2.10. The molecule has 0 aliphatic carbocycles. The Morgan fingerprint density at radius 2 is 2.04 bits per heavy atom. The third-order valence-electron chi connectivity index (χ3n) is 3.85. The van der Waals surface area contributed by atoms with Gasteiger partial charge in [0.2, 0.25) is 5.82 Å². The molecule has 2 aromatic heterocycles. The van der Waals surface area contributed by atoms with E-state index in [9.17, 15) is 4.79 Å². The number of aromatic amines is 1. The Morgan fingerprint density at radius 1 is 1.20 bits per heavy atom. The summed E-state index contributed by atoms with van der Waals surface area (Å²) in [6.07, 6.45) is 0. The molecule has 8 heteroatoms. The SMILES string of the molecule is Cc1ccccc1-c1nnn(Cc2nc3cc(Cl)ccc3c(=O)[nH]2)n1. The zero-order chi connectivity index (χ0) is 17.4. The Kier molecular flexibility index (Phi) is 3.77. The van der Waals surface area contributed by atoms with E-state index in [1.165, 1.54) is 4.80 Å². The van der Waals surface area contributed by atoms with Crippen LogP contribution in [-0.4, -0.2) is 30.2 Å². The van der Waals surface area contributed by atoms with E-state index < -0.39 is 0 Å². The van der Waals surface area contributed by atoms with Gasteiger partial charge in [-0.05, 0) is 35.9 Å². The lowest BCUT2D eigenvalue weighted by Gasteiger charge is -2.02. The fourth-order valence-corrected chi connectivity index (χ4v) is 2.78. The van der Waals surface area contributed by atoms with Gasteiger partial charge in [0.05, 0.1) is 10.9 Å². The van der Waals surface area contributed by atoms with E-state index in [4.69, 9.17) is 11.6 Å². The van der Waals surface area contributed by atoms with Crippen LogP contribution in [0, 0.1) is 6.92 Å². The summed E-state index contributed by atoms with van der Waals surface area (Å²) in [6, 6.07) is 12.8. The lowest BCUT2D eigenvalue weighted by atomic mass is 10.1. The Labute approximate surface area is 147 Å². The molecule has 124 valence electrons. The summed E-state index contributed by atoms with van der Waals surface area (Å²) in [5.41, 5.74) is 2.29. The van der Waals surface area contributed by atoms with Crippen LogP contribution < -0.4 is 5.56 Å². The summed E-state index contributed by atoms with van der Waals surface area (Å²) in [5.74, 6) is 0.970. The van der Waals surface area contributed by atoms with Crippen LogP contribution in [-0.2, 0) is 6.54 Å². The molecule has 0 saturated carbocycles. The van der Waals surface area contributed by atoms with Crippen LogP contribution in [0.2, 0.25) is 5.02 Å². The van der Waals surface area contributed by atoms with Crippen LogP contribution >= 0.6 is 11.6 Å². The van der Waals surface area contributed by atoms with Gasteiger partial charge in [0, 0.05) is 10.6 Å². The second kappa shape index (κ2) is 6.10. The zero-order valence-corrected chi connectivity index (χ0v) is 14.0. The summed E-state index contributed by atoms with van der Waals surface area (Å²) < 4.78 is 0. The Morgan fingerprint density at radius 3 is 2.88 bits per heavy atom. The van der Waals surface area contributed by atoms with Gasteiger partial charge >= 0.3 is 0 Å². The maximum Gasteiger partial charge on any atom is 0.258 e. The van der Waals surface area contributed by atoms with E-state index in [0.29, 0.717) is 27.6 Å². The predicted molar refractivity (Wildman–Crippen MR) is 94.5 cm³/mol. The first-order chi connectivity index (χ1) is 12.1. The third-order valence-corrected chi connectivity index (χ3v) is 4.08. The highest BCUT2D eigenvalue weighted by atomic mass is 35.5. The molecular formula is C17H13ClN6O. The van der Waals surface area contributed by atoms with Crippen LogP contribution in [0.5, 0.6) is 0 Å². The lowest BCUT2D eigenvalue weighted by Crippen LogP contribution is -2.15. The van der Waals surface area contributed by atoms with Crippen LogP contribution in [0.25, 0.3) is 22.3 Å². The molecule has 0 bridgehead atoms. The molecule has 0 amide bonds. The number of aryl methyl sites for hydroxylation is 1. The first kappa shape index (κ1) is 15.5. The topological polar surface area (TPSA) is 89.4 Å². The highest BCUT2D eigenvalue weighted by molar-refractivity contribution is 6.31. The minimum Gasteiger partial charge on any atom is -0.308 e. The molecular weight excluding hydrogens is 340 g/mol. The van der Waals surface area contributed by atoms with Crippen LogP contribution in [0.3, 0.4) is 0 Å². The number of hydrogen-bond donors (Lipinski definition) is 1. The van der Waals surface area contributed by atoms with Crippen molar-refractivity contribution < 1.29 is 0 Å². The van der Waals surface area contributed by atoms with Crippen molar-refractivity contribution in [2.45, 2.75) is 13.5 Å². The van der Waals surface area contributed by atoms with Crippen molar-refractivity contribution in [1.82, 2.24) is 30.2 Å². The van der Waals surface area contributed by atoms with E-state index in [2.05, 4.69) is 25.4 Å². The molecule has 1 N–H and O–H groups in total. The van der Waals surface area contributed by atoms with Crippen molar-refractivity contribution >= 4 is 22.5 Å². The van der Waals surface area contributed by atoms with E-state index in [1.54, 1.807) is 18.2 Å². The van der Waals surface area contributed by atoms with Crippen molar-refractivity contribution in [2.75, 3.05) is 0 Å². The molecule has 7 nitrogen and oxygen atoms in total. The summed E-state index contributed by atoms with van der Waals surface area (Å²) in [4.78, 5) is 20.7. The molecule has 0 spiro atoms. The zero-order valence-electron chi connectivity index (χ0n) is 13.3. The van der Waals surface area contributed by atoms with Gasteiger partial charge < -0.3 is 4.98 Å². The smallest absolute Gasteiger partial charge is 0.258 e. The fourth-order valence-electron chi connectivity index (χ4n) is 2.61. The van der Waals surface area contributed by atoms with Crippen LogP contribution in [0.1, 0.15) is 11.4 Å². The minimum absolute atomic E-state index is 0.205. The minimum atomic E-state index is -0.226. The monoisotopic (exact) mass is 352 g/mol. The van der Waals surface area contributed by atoms with Crippen molar-refractivity contribution in [3.8, 4) is 11.4 Å². The number of hydrogen-bond acceptors (Lipinski definition) is 5. The van der Waals surface area contributed by atoms with Gasteiger partial charge in [-0.1, -0.05) is 35.9 Å². The van der Waals surface area contributed by atoms with Crippen molar-refractivity contribution in [3.05, 3.63) is 69.2 Å². The van der Waals surface area contributed by atoms with Crippen molar-refractivity contribution in [2.24, 2.45) is 0 Å². The second-order valence-electron chi connectivity index (χ2n) is 5.63. The summed E-state index contributed by atoms with van der Waals surface area (Å²) in [7, 11) is 0. The van der Waals surface area contributed by atoms with Gasteiger partial charge in [-0.25, -0.2) is 4.98 Å². The normalized spacial score (nSPS) is 11.1. The number of nitrogens with one attached hydrogen (secondary N) is 1. The Bertz CT molecular complexity index is 1130. The number of benzene rings is 2. The van der Waals surface area contributed by atoms with Crippen LogP contribution in [0.15, 0.2) is 47.3 Å². The Balaban J connectivity index is 1.68. The number of rotatable bonds is 3. The van der Waals surface area contributed by atoms with E-state index in [-0.39, 0.29) is 12.1 Å². The quantitative estimate of drug-likeness (QED) is 0.612. The molecule has 4 aromatic rings. The third kappa shape index (κ3) is 3.01. The van der Waals surface area contributed by atoms with Crippen molar-refractivity contribution in [3.63, 3.8) is 0 Å². The summed E-state index contributed by atoms with van der Waals surface area (Å²) in [5, 5.41) is 13.5. The molecule has 0 aliphatic heterocycles. The lowest BCUT2D eigenvalue weighted by molar-refractivity contribution is 0.555. The number of halogens is 1. The standard InChI is InChI=1S/C17H13ClN6O/c1-10-4-2-3-5-12(10)16-21-23-24(22-16)9-15-19-14-8-11(18)6-7-13(14)17(25)20-15/h2-8H,9H2,1H3,(H,19,20,25). The molecule has 0 unspecified atom stereocenters. The van der Waals surface area contributed by atoms with E-state index >= 15 is 0 Å². The number of tetrazole rings is 1. The van der Waals surface area contributed by atoms with E-state index in [0.717, 1.165) is 11.1 Å². The van der Waals surface area contributed by atoms with E-state index in [1.807, 2.05) is 31.2 Å². The van der Waals surface area contributed by atoms with Gasteiger partial charge in [0.15, 0.2) is 0 Å². The maximum absolute atomic E-state index is 12.2. The fraction of sp³-hybridized carbons (Fsp3) is 0.118. The average Bonchev–Trinajstić information content (AvgIpc) is 3.03. The number of H-pyrrole nitrogens is 1. The largest absolute Gasteiger partial charge is 0.308 e. The van der Waals surface area contributed by atoms with Gasteiger partial charge in [-0.15, -0.1) is 10.2 Å². The molecule has 4 rings (SSSR count). The average molecular weight is 353 g/mol. The first-order valence-corrected chi connectivity index (χ1v) is 8.00. The van der Waals surface area contributed by atoms with Gasteiger partial charge in [-0.2, -0.15) is 4.80 Å². The predicted octanol–water partition coefficient (Wildman–Crippen LogP) is 2.59. The summed E-state index contributed by atoms with van der Waals surface area (Å²) in [6.45, 7) is 2.19. The molecule has 0 fully saturated rings. The summed E-state index contributed by atoms with van der Waals surface area (Å²) >= 11 is 5.98. The molecule has 25 heavy (non-hydrogen) atoms. The molecule has 0 radical (unpaired) electrons. The number of nitrogens with zero attached hydrogens (tertiary/aromatic N) is 5. The molecule has 2 aromatic carbocycles. The van der Waals surface area contributed by atoms with Gasteiger partial charge in [0.1, 0.15) is 12.4 Å². The maximum atomic E-state index is 12.2. The van der Waals surface area contributed by atoms with Crippen LogP contribution in [0.4, 0.5) is 0 Å². The molecule has 0 aliphatic rings. The number of fused-ring (bicyclic) bond motifs is 1. The van der Waals surface area contributed by atoms with Gasteiger partial charge in [-0.3, -0.25) is 4.79 Å².